The number of para-hydroxylation sites is 1. The van der Waals surface area contributed by atoms with E-state index in [-0.39, 0.29) is 11.5 Å². The predicted molar refractivity (Wildman–Crippen MR) is 137 cm³/mol. The fourth-order valence-corrected chi connectivity index (χ4v) is 7.24. The maximum Gasteiger partial charge on any atom is 0.267 e. The number of hydrogen-bond acceptors (Lipinski definition) is 5. The first-order valence-corrected chi connectivity index (χ1v) is 14.0. The van der Waals surface area contributed by atoms with Gasteiger partial charge >= 0.3 is 0 Å². The molecule has 1 amide bonds. The van der Waals surface area contributed by atoms with Crippen LogP contribution in [-0.4, -0.2) is 39.2 Å². The molecule has 2 aromatic heterocycles. The first-order valence-electron chi connectivity index (χ1n) is 12.2. The number of aryl methyl sites for hydroxylation is 3. The second kappa shape index (κ2) is 10.0. The molecule has 0 radical (unpaired) electrons. The van der Waals surface area contributed by atoms with Gasteiger partial charge in [-0.15, -0.1) is 11.3 Å². The Bertz CT molecular complexity index is 1220. The summed E-state index contributed by atoms with van der Waals surface area (Å²) in [5.41, 5.74) is 3.11. The van der Waals surface area contributed by atoms with Gasteiger partial charge in [0, 0.05) is 18.0 Å². The van der Waals surface area contributed by atoms with E-state index < -0.39 is 0 Å². The average Bonchev–Trinajstić information content (AvgIpc) is 3.02. The Balaban J connectivity index is 1.56. The van der Waals surface area contributed by atoms with Gasteiger partial charge in [0.15, 0.2) is 5.16 Å². The predicted octanol–water partition coefficient (Wildman–Crippen LogP) is 5.52. The second-order valence-corrected chi connectivity index (χ2v) is 11.2. The summed E-state index contributed by atoms with van der Waals surface area (Å²) in [5, 5.41) is 1.42. The first-order chi connectivity index (χ1) is 16.1. The van der Waals surface area contributed by atoms with E-state index in [1.165, 1.54) is 47.9 Å². The molecule has 1 fully saturated rings. The third-order valence-electron chi connectivity index (χ3n) is 6.85. The molecule has 1 aliphatic heterocycles. The van der Waals surface area contributed by atoms with Crippen LogP contribution in [0.4, 0.5) is 0 Å². The number of rotatable bonds is 4. The smallest absolute Gasteiger partial charge is 0.267 e. The van der Waals surface area contributed by atoms with Crippen molar-refractivity contribution in [2.45, 2.75) is 69.9 Å². The Morgan fingerprint density at radius 1 is 1.03 bits per heavy atom. The average molecular weight is 482 g/mol. The lowest BCUT2D eigenvalue weighted by atomic mass is 10.1. The van der Waals surface area contributed by atoms with Crippen molar-refractivity contribution in [1.29, 1.82) is 0 Å². The number of amides is 1. The van der Waals surface area contributed by atoms with Gasteiger partial charge in [-0.25, -0.2) is 4.98 Å². The van der Waals surface area contributed by atoms with E-state index in [0.717, 1.165) is 66.7 Å². The lowest BCUT2D eigenvalue weighted by Gasteiger charge is -2.20. The molecule has 0 unspecified atom stereocenters. The fourth-order valence-electron chi connectivity index (χ4n) is 5.02. The zero-order valence-corrected chi connectivity index (χ0v) is 20.9. The highest BCUT2D eigenvalue weighted by molar-refractivity contribution is 7.99. The van der Waals surface area contributed by atoms with Crippen molar-refractivity contribution in [3.05, 3.63) is 50.6 Å². The molecular weight excluding hydrogens is 450 g/mol. The van der Waals surface area contributed by atoms with Gasteiger partial charge in [-0.3, -0.25) is 14.2 Å². The van der Waals surface area contributed by atoms with Gasteiger partial charge in [-0.2, -0.15) is 0 Å². The van der Waals surface area contributed by atoms with Crippen molar-refractivity contribution in [3.8, 4) is 5.69 Å². The Hall–Kier alpha value is -2.12. The highest BCUT2D eigenvalue weighted by Gasteiger charge is 2.24. The Kier molecular flexibility index (Phi) is 6.88. The molecule has 2 aliphatic rings. The summed E-state index contributed by atoms with van der Waals surface area (Å²) in [6.45, 7) is 3.71. The zero-order valence-electron chi connectivity index (χ0n) is 19.3. The van der Waals surface area contributed by atoms with Crippen LogP contribution in [0.5, 0.6) is 0 Å². The Morgan fingerprint density at radius 2 is 1.76 bits per heavy atom. The Labute approximate surface area is 203 Å². The van der Waals surface area contributed by atoms with Crippen LogP contribution in [0.1, 0.15) is 60.9 Å². The minimum Gasteiger partial charge on any atom is -0.342 e. The number of thioether (sulfide) groups is 1. The second-order valence-electron chi connectivity index (χ2n) is 9.15. The standard InChI is InChI=1S/C26H31N3O2S2/c1-18-11-7-8-13-20(18)29-25(31)23-19-12-5-4-6-14-21(19)33-24(23)27-26(29)32-17-22(30)28-15-9-2-3-10-16-28/h7-8,11,13H,2-6,9-10,12,14-17H2,1H3. The number of aromatic nitrogens is 2. The summed E-state index contributed by atoms with van der Waals surface area (Å²) in [6.07, 6.45) is 10.1. The summed E-state index contributed by atoms with van der Waals surface area (Å²) in [4.78, 5) is 36.1. The van der Waals surface area contributed by atoms with Crippen LogP contribution in [0, 0.1) is 6.92 Å². The number of nitrogens with zero attached hydrogens (tertiary/aromatic N) is 3. The van der Waals surface area contributed by atoms with Crippen LogP contribution in [0.25, 0.3) is 15.9 Å². The summed E-state index contributed by atoms with van der Waals surface area (Å²) >= 11 is 3.09. The van der Waals surface area contributed by atoms with Gasteiger partial charge in [0.05, 0.1) is 16.8 Å². The molecule has 3 heterocycles. The molecule has 0 saturated carbocycles. The highest BCUT2D eigenvalue weighted by atomic mass is 32.2. The normalized spacial score (nSPS) is 16.9. The molecule has 0 spiro atoms. The number of carbonyl (C=O) groups is 1. The summed E-state index contributed by atoms with van der Waals surface area (Å²) in [7, 11) is 0. The zero-order chi connectivity index (χ0) is 22.8. The molecule has 174 valence electrons. The maximum absolute atomic E-state index is 14.0. The highest BCUT2D eigenvalue weighted by Crippen LogP contribution is 2.35. The summed E-state index contributed by atoms with van der Waals surface area (Å²) in [5.74, 6) is 0.462. The van der Waals surface area contributed by atoms with Crippen LogP contribution in [0.15, 0.2) is 34.2 Å². The van der Waals surface area contributed by atoms with Gasteiger partial charge in [0.25, 0.3) is 5.56 Å². The number of likely N-dealkylation sites (tertiary alicyclic amines) is 1. The SMILES string of the molecule is Cc1ccccc1-n1c(SCC(=O)N2CCCCCC2)nc2sc3c(c2c1=O)CCCCC3. The van der Waals surface area contributed by atoms with E-state index in [9.17, 15) is 9.59 Å². The summed E-state index contributed by atoms with van der Waals surface area (Å²) in [6, 6.07) is 7.96. The maximum atomic E-state index is 14.0. The molecule has 1 aliphatic carbocycles. The van der Waals surface area contributed by atoms with E-state index in [1.807, 2.05) is 36.1 Å². The van der Waals surface area contributed by atoms with Crippen LogP contribution >= 0.6 is 23.1 Å². The molecule has 0 N–H and O–H groups in total. The van der Waals surface area contributed by atoms with Crippen LogP contribution in [0.2, 0.25) is 0 Å². The number of carbonyl (C=O) groups excluding carboxylic acids is 1. The van der Waals surface area contributed by atoms with Crippen LogP contribution in [0.3, 0.4) is 0 Å². The van der Waals surface area contributed by atoms with Gasteiger partial charge in [-0.1, -0.05) is 49.2 Å². The van der Waals surface area contributed by atoms with Crippen molar-refractivity contribution in [2.75, 3.05) is 18.8 Å². The fraction of sp³-hybridized carbons (Fsp3) is 0.500. The van der Waals surface area contributed by atoms with Crippen molar-refractivity contribution >= 4 is 39.2 Å². The van der Waals surface area contributed by atoms with Gasteiger partial charge < -0.3 is 4.90 Å². The molecule has 7 heteroatoms. The van der Waals surface area contributed by atoms with E-state index in [2.05, 4.69) is 0 Å². The largest absolute Gasteiger partial charge is 0.342 e. The minimum atomic E-state index is 0.0124. The van der Waals surface area contributed by atoms with E-state index in [4.69, 9.17) is 4.98 Å². The minimum absolute atomic E-state index is 0.0124. The molecule has 5 rings (SSSR count). The van der Waals surface area contributed by atoms with Gasteiger partial charge in [0.1, 0.15) is 4.83 Å². The molecule has 0 atom stereocenters. The molecule has 0 bridgehead atoms. The molecule has 1 aromatic carbocycles. The number of fused-ring (bicyclic) bond motifs is 3. The quantitative estimate of drug-likeness (QED) is 0.280. The van der Waals surface area contributed by atoms with Crippen molar-refractivity contribution < 1.29 is 4.79 Å². The lowest BCUT2D eigenvalue weighted by molar-refractivity contribution is -0.128. The third kappa shape index (κ3) is 4.62. The molecule has 5 nitrogen and oxygen atoms in total. The van der Waals surface area contributed by atoms with Gasteiger partial charge in [-0.05, 0) is 62.6 Å². The van der Waals surface area contributed by atoms with E-state index in [0.29, 0.717) is 10.9 Å². The third-order valence-corrected chi connectivity index (χ3v) is 8.96. The Morgan fingerprint density at radius 3 is 2.55 bits per heavy atom. The van der Waals surface area contributed by atoms with E-state index in [1.54, 1.807) is 15.9 Å². The number of hydrogen-bond donors (Lipinski definition) is 0. The molecule has 3 aromatic rings. The topological polar surface area (TPSA) is 55.2 Å². The van der Waals surface area contributed by atoms with E-state index >= 15 is 0 Å². The van der Waals surface area contributed by atoms with Gasteiger partial charge in [0.2, 0.25) is 5.91 Å². The molecular formula is C26H31N3O2S2. The summed E-state index contributed by atoms with van der Waals surface area (Å²) < 4.78 is 1.76. The van der Waals surface area contributed by atoms with Crippen molar-refractivity contribution in [2.24, 2.45) is 0 Å². The number of benzene rings is 1. The number of thiophene rings is 1. The van der Waals surface area contributed by atoms with Crippen molar-refractivity contribution in [1.82, 2.24) is 14.5 Å². The van der Waals surface area contributed by atoms with Crippen LogP contribution < -0.4 is 5.56 Å². The van der Waals surface area contributed by atoms with Crippen molar-refractivity contribution in [3.63, 3.8) is 0 Å². The van der Waals surface area contributed by atoms with Crippen LogP contribution in [-0.2, 0) is 17.6 Å². The first kappa shape index (κ1) is 22.7. The monoisotopic (exact) mass is 481 g/mol. The molecule has 1 saturated heterocycles. The molecule has 33 heavy (non-hydrogen) atoms. The lowest BCUT2D eigenvalue weighted by Crippen LogP contribution is -2.33.